The molecule has 4 rings (SSSR count). The van der Waals surface area contributed by atoms with E-state index < -0.39 is 0 Å². The van der Waals surface area contributed by atoms with Crippen LogP contribution in [0.25, 0.3) is 11.0 Å². The van der Waals surface area contributed by atoms with Gasteiger partial charge in [0.2, 0.25) is 11.2 Å². The zero-order valence-corrected chi connectivity index (χ0v) is 17.0. The molecule has 0 saturated carbocycles. The second-order valence-corrected chi connectivity index (χ2v) is 7.28. The van der Waals surface area contributed by atoms with Crippen molar-refractivity contribution in [3.63, 3.8) is 0 Å². The second-order valence-electron chi connectivity index (χ2n) is 6.42. The van der Waals surface area contributed by atoms with Gasteiger partial charge in [-0.15, -0.1) is 0 Å². The van der Waals surface area contributed by atoms with Crippen LogP contribution in [0.2, 0.25) is 0 Å². The Morgan fingerprint density at radius 2 is 1.79 bits per heavy atom. The van der Waals surface area contributed by atoms with Crippen molar-refractivity contribution in [2.75, 3.05) is 0 Å². The van der Waals surface area contributed by atoms with Crippen LogP contribution in [0.3, 0.4) is 0 Å². The Bertz CT molecular complexity index is 1230. The van der Waals surface area contributed by atoms with Crippen LogP contribution in [0.15, 0.2) is 80.4 Å². The monoisotopic (exact) mass is 454 g/mol. The maximum atomic E-state index is 13.0. The third kappa shape index (κ3) is 4.17. The van der Waals surface area contributed by atoms with Gasteiger partial charge in [0, 0.05) is 6.07 Å². The molecule has 0 atom stereocenters. The van der Waals surface area contributed by atoms with Crippen molar-refractivity contribution in [2.45, 2.75) is 13.5 Å². The third-order valence-electron chi connectivity index (χ3n) is 4.35. The van der Waals surface area contributed by atoms with Crippen LogP contribution in [-0.4, -0.2) is 0 Å². The predicted octanol–water partition coefficient (Wildman–Crippen LogP) is 6.37. The van der Waals surface area contributed by atoms with Gasteiger partial charge in [-0.05, 0) is 64.8 Å². The Kier molecular flexibility index (Phi) is 5.36. The molecule has 0 amide bonds. The lowest BCUT2D eigenvalue weighted by molar-refractivity contribution is 0.306. The number of benzene rings is 3. The van der Waals surface area contributed by atoms with Gasteiger partial charge in [-0.1, -0.05) is 24.3 Å². The fourth-order valence-electron chi connectivity index (χ4n) is 2.86. The Morgan fingerprint density at radius 1 is 1.03 bits per heavy atom. The molecule has 0 bridgehead atoms. The fourth-order valence-corrected chi connectivity index (χ4v) is 3.23. The van der Waals surface area contributed by atoms with Gasteiger partial charge in [-0.2, -0.15) is 0 Å². The van der Waals surface area contributed by atoms with E-state index >= 15 is 0 Å². The highest BCUT2D eigenvalue weighted by atomic mass is 79.9. The lowest BCUT2D eigenvalue weighted by Gasteiger charge is -2.11. The van der Waals surface area contributed by atoms with E-state index in [-0.39, 0.29) is 23.6 Å². The summed E-state index contributed by atoms with van der Waals surface area (Å²) in [4.78, 5) is 12.9. The van der Waals surface area contributed by atoms with Crippen molar-refractivity contribution in [1.29, 1.82) is 0 Å². The van der Waals surface area contributed by atoms with E-state index in [9.17, 15) is 9.18 Å². The number of aryl methyl sites for hydroxylation is 1. The smallest absolute Gasteiger partial charge is 0.235 e. The minimum atomic E-state index is -0.294. The highest BCUT2D eigenvalue weighted by Gasteiger charge is 2.15. The van der Waals surface area contributed by atoms with Crippen LogP contribution in [0.1, 0.15) is 11.3 Å². The van der Waals surface area contributed by atoms with Crippen molar-refractivity contribution < 1.29 is 18.3 Å². The molecule has 3 aromatic carbocycles. The van der Waals surface area contributed by atoms with Gasteiger partial charge in [0.25, 0.3) is 0 Å². The van der Waals surface area contributed by atoms with Gasteiger partial charge in [0.05, 0.1) is 9.86 Å². The Morgan fingerprint density at radius 3 is 2.55 bits per heavy atom. The zero-order valence-electron chi connectivity index (χ0n) is 15.4. The molecule has 0 unspecified atom stereocenters. The van der Waals surface area contributed by atoms with Gasteiger partial charge in [-0.3, -0.25) is 4.79 Å². The van der Waals surface area contributed by atoms with E-state index in [4.69, 9.17) is 13.9 Å². The summed E-state index contributed by atoms with van der Waals surface area (Å²) < 4.78 is 31.1. The molecular weight excluding hydrogens is 439 g/mol. The molecular formula is C23H16BrFO4. The summed E-state index contributed by atoms with van der Waals surface area (Å²) in [5.74, 6) is 1.29. The molecule has 1 aromatic heterocycles. The summed E-state index contributed by atoms with van der Waals surface area (Å²) in [6, 6.07) is 18.4. The Hall–Kier alpha value is -3.12. The van der Waals surface area contributed by atoms with Crippen LogP contribution < -0.4 is 14.9 Å². The molecule has 0 aliphatic rings. The first kappa shape index (κ1) is 19.2. The van der Waals surface area contributed by atoms with Gasteiger partial charge in [-0.25, -0.2) is 4.39 Å². The summed E-state index contributed by atoms with van der Waals surface area (Å²) >= 11 is 3.41. The lowest BCUT2D eigenvalue weighted by Crippen LogP contribution is -2.07. The normalized spacial score (nSPS) is 10.9. The highest BCUT2D eigenvalue weighted by molar-refractivity contribution is 9.10. The molecule has 4 nitrogen and oxygen atoms in total. The maximum Gasteiger partial charge on any atom is 0.235 e. The van der Waals surface area contributed by atoms with Gasteiger partial charge < -0.3 is 13.9 Å². The molecule has 0 spiro atoms. The number of fused-ring (bicyclic) bond motifs is 1. The maximum absolute atomic E-state index is 13.0. The number of halogens is 2. The summed E-state index contributed by atoms with van der Waals surface area (Å²) in [5, 5.41) is 0.395. The molecule has 29 heavy (non-hydrogen) atoms. The lowest BCUT2D eigenvalue weighted by atomic mass is 10.2. The minimum Gasteiger partial charge on any atom is -0.489 e. The molecule has 0 fully saturated rings. The van der Waals surface area contributed by atoms with Crippen molar-refractivity contribution in [2.24, 2.45) is 0 Å². The van der Waals surface area contributed by atoms with Crippen molar-refractivity contribution in [3.05, 3.63) is 98.6 Å². The average Bonchev–Trinajstić information content (AvgIpc) is 2.72. The SMILES string of the molecule is Cc1oc2cc(OCc3ccc(F)cc3)ccc2c(=O)c1Oc1ccccc1Br. The van der Waals surface area contributed by atoms with Crippen molar-refractivity contribution >= 4 is 26.9 Å². The fraction of sp³-hybridized carbons (Fsp3) is 0.0870. The molecule has 6 heteroatoms. The van der Waals surface area contributed by atoms with Crippen LogP contribution in [0.4, 0.5) is 4.39 Å². The van der Waals surface area contributed by atoms with Crippen LogP contribution >= 0.6 is 15.9 Å². The molecule has 4 aromatic rings. The van der Waals surface area contributed by atoms with E-state index in [1.165, 1.54) is 12.1 Å². The van der Waals surface area contributed by atoms with E-state index in [0.29, 0.717) is 28.2 Å². The number of rotatable bonds is 5. The van der Waals surface area contributed by atoms with Crippen LogP contribution in [0.5, 0.6) is 17.2 Å². The minimum absolute atomic E-state index is 0.143. The summed E-state index contributed by atoms with van der Waals surface area (Å²) in [6.45, 7) is 1.96. The van der Waals surface area contributed by atoms with Gasteiger partial charge in [0.15, 0.2) is 0 Å². The predicted molar refractivity (Wildman–Crippen MR) is 112 cm³/mol. The first-order chi connectivity index (χ1) is 14.0. The summed E-state index contributed by atoms with van der Waals surface area (Å²) in [6.07, 6.45) is 0. The Balaban J connectivity index is 1.62. The van der Waals surface area contributed by atoms with Crippen molar-refractivity contribution in [3.8, 4) is 17.2 Å². The second kappa shape index (κ2) is 8.09. The molecule has 1 heterocycles. The van der Waals surface area contributed by atoms with E-state index in [1.54, 1.807) is 43.3 Å². The zero-order chi connectivity index (χ0) is 20.4. The molecule has 0 aliphatic heterocycles. The number of hydrogen-bond acceptors (Lipinski definition) is 4. The number of hydrogen-bond donors (Lipinski definition) is 0. The van der Waals surface area contributed by atoms with Crippen molar-refractivity contribution in [1.82, 2.24) is 0 Å². The molecule has 0 radical (unpaired) electrons. The van der Waals surface area contributed by atoms with Crippen LogP contribution in [0, 0.1) is 12.7 Å². The van der Waals surface area contributed by atoms with E-state index in [1.807, 2.05) is 18.2 Å². The van der Waals surface area contributed by atoms with E-state index in [2.05, 4.69) is 15.9 Å². The average molecular weight is 455 g/mol. The summed E-state index contributed by atoms with van der Waals surface area (Å²) in [7, 11) is 0. The first-order valence-corrected chi connectivity index (χ1v) is 9.67. The molecule has 0 aliphatic carbocycles. The Labute approximate surface area is 174 Å². The van der Waals surface area contributed by atoms with Gasteiger partial charge in [0.1, 0.15) is 35.3 Å². The summed E-state index contributed by atoms with van der Waals surface area (Å²) in [5.41, 5.74) is 0.981. The molecule has 146 valence electrons. The molecule has 0 saturated heterocycles. The van der Waals surface area contributed by atoms with Gasteiger partial charge >= 0.3 is 0 Å². The molecule has 0 N–H and O–H groups in total. The largest absolute Gasteiger partial charge is 0.489 e. The number of ether oxygens (including phenoxy) is 2. The third-order valence-corrected chi connectivity index (χ3v) is 5.01. The standard InChI is InChI=1S/C23H16BrFO4/c1-14-23(29-20-5-3-2-4-19(20)24)22(26)18-11-10-17(12-21(18)28-14)27-13-15-6-8-16(25)9-7-15/h2-12H,13H2,1H3. The quantitative estimate of drug-likeness (QED) is 0.351. The van der Waals surface area contributed by atoms with E-state index in [0.717, 1.165) is 10.0 Å². The highest BCUT2D eigenvalue weighted by Crippen LogP contribution is 2.31. The topological polar surface area (TPSA) is 48.7 Å². The van der Waals surface area contributed by atoms with Crippen LogP contribution in [-0.2, 0) is 6.61 Å². The number of para-hydroxylation sites is 1. The first-order valence-electron chi connectivity index (χ1n) is 8.88.